The van der Waals surface area contributed by atoms with Crippen molar-refractivity contribution in [2.24, 2.45) is 0 Å². The summed E-state index contributed by atoms with van der Waals surface area (Å²) >= 11 is 5.94. The summed E-state index contributed by atoms with van der Waals surface area (Å²) in [5.74, 6) is 0.809. The molecule has 0 unspecified atom stereocenters. The van der Waals surface area contributed by atoms with Crippen LogP contribution in [0.15, 0.2) is 36.7 Å². The quantitative estimate of drug-likeness (QED) is 0.882. The average Bonchev–Trinajstić information content (AvgIpc) is 2.40. The minimum atomic E-state index is 0.492. The zero-order chi connectivity index (χ0) is 13.5. The fraction of sp³-hybridized carbons (Fsp3) is 0.286. The number of nitrogens with zero attached hydrogens (tertiary/aromatic N) is 2. The number of ether oxygens (including phenoxy) is 1. The number of aromatic nitrogens is 2. The van der Waals surface area contributed by atoms with E-state index >= 15 is 0 Å². The molecule has 1 aromatic heterocycles. The first kappa shape index (κ1) is 13.8. The highest BCUT2D eigenvalue weighted by atomic mass is 35.5. The van der Waals surface area contributed by atoms with Gasteiger partial charge in [-0.05, 0) is 24.1 Å². The van der Waals surface area contributed by atoms with Crippen molar-refractivity contribution in [2.45, 2.75) is 13.0 Å². The van der Waals surface area contributed by atoms with E-state index < -0.39 is 0 Å². The fourth-order valence-electron chi connectivity index (χ4n) is 1.75. The van der Waals surface area contributed by atoms with E-state index in [0.717, 1.165) is 29.5 Å². The molecule has 1 heterocycles. The van der Waals surface area contributed by atoms with Crippen LogP contribution in [-0.4, -0.2) is 23.6 Å². The van der Waals surface area contributed by atoms with Gasteiger partial charge in [-0.1, -0.05) is 23.7 Å². The molecule has 4 nitrogen and oxygen atoms in total. The molecule has 1 aromatic carbocycles. The Hall–Kier alpha value is -1.65. The normalized spacial score (nSPS) is 10.4. The topological polar surface area (TPSA) is 47.0 Å². The van der Waals surface area contributed by atoms with Gasteiger partial charge in [0.05, 0.1) is 12.3 Å². The van der Waals surface area contributed by atoms with E-state index in [9.17, 15) is 0 Å². The number of rotatable bonds is 6. The summed E-state index contributed by atoms with van der Waals surface area (Å²) in [6, 6.07) is 9.75. The Bertz CT molecular complexity index is 534. The number of methoxy groups -OCH3 is 1. The van der Waals surface area contributed by atoms with Gasteiger partial charge in [0.15, 0.2) is 0 Å². The Morgan fingerprint density at radius 2 is 2.16 bits per heavy atom. The molecule has 0 aliphatic rings. The van der Waals surface area contributed by atoms with Crippen LogP contribution in [0.25, 0.3) is 0 Å². The van der Waals surface area contributed by atoms with Crippen LogP contribution in [0.2, 0.25) is 5.02 Å². The maximum Gasteiger partial charge on any atom is 0.129 e. The average molecular weight is 278 g/mol. The van der Waals surface area contributed by atoms with E-state index in [1.165, 1.54) is 11.9 Å². The van der Waals surface area contributed by atoms with Crippen molar-refractivity contribution in [2.75, 3.05) is 19.0 Å². The fourth-order valence-corrected chi connectivity index (χ4v) is 1.96. The molecule has 2 aromatic rings. The molecule has 0 saturated heterocycles. The van der Waals surface area contributed by atoms with Crippen molar-refractivity contribution in [3.63, 3.8) is 0 Å². The predicted molar refractivity (Wildman–Crippen MR) is 76.4 cm³/mol. The van der Waals surface area contributed by atoms with Crippen LogP contribution in [0.5, 0.6) is 0 Å². The zero-order valence-electron chi connectivity index (χ0n) is 10.8. The van der Waals surface area contributed by atoms with Crippen molar-refractivity contribution < 1.29 is 4.74 Å². The van der Waals surface area contributed by atoms with Crippen LogP contribution in [0.3, 0.4) is 0 Å². The minimum absolute atomic E-state index is 0.492. The highest BCUT2D eigenvalue weighted by molar-refractivity contribution is 6.30. The van der Waals surface area contributed by atoms with Gasteiger partial charge in [-0.25, -0.2) is 9.97 Å². The molecular formula is C14H16ClN3O. The van der Waals surface area contributed by atoms with Crippen LogP contribution in [0.1, 0.15) is 11.3 Å². The van der Waals surface area contributed by atoms with Gasteiger partial charge in [0.2, 0.25) is 0 Å². The Morgan fingerprint density at radius 3 is 2.95 bits per heavy atom. The number of benzene rings is 1. The molecule has 0 aliphatic heterocycles. The third kappa shape index (κ3) is 4.50. The van der Waals surface area contributed by atoms with Crippen LogP contribution in [0, 0.1) is 0 Å². The molecule has 0 aliphatic carbocycles. The standard InChI is InChI=1S/C14H16ClN3O/c1-19-9-13-8-14(18-10-17-13)16-6-5-11-3-2-4-12(15)7-11/h2-4,7-8,10H,5-6,9H2,1H3,(H,16,17,18). The summed E-state index contributed by atoms with van der Waals surface area (Å²) in [6.07, 6.45) is 2.43. The maximum atomic E-state index is 5.94. The molecule has 19 heavy (non-hydrogen) atoms. The molecule has 0 radical (unpaired) electrons. The second-order valence-corrected chi connectivity index (χ2v) is 4.57. The summed E-state index contributed by atoms with van der Waals surface area (Å²) in [4.78, 5) is 8.28. The van der Waals surface area contributed by atoms with Gasteiger partial charge in [-0.15, -0.1) is 0 Å². The van der Waals surface area contributed by atoms with E-state index in [1.54, 1.807) is 7.11 Å². The van der Waals surface area contributed by atoms with Crippen molar-refractivity contribution >= 4 is 17.4 Å². The number of halogens is 1. The second kappa shape index (κ2) is 7.07. The number of hydrogen-bond donors (Lipinski definition) is 1. The third-order valence-corrected chi connectivity index (χ3v) is 2.86. The highest BCUT2D eigenvalue weighted by Crippen LogP contribution is 2.11. The Kier molecular flexibility index (Phi) is 5.12. The van der Waals surface area contributed by atoms with Gasteiger partial charge in [-0.2, -0.15) is 0 Å². The summed E-state index contributed by atoms with van der Waals surface area (Å²) in [5, 5.41) is 4.03. The van der Waals surface area contributed by atoms with E-state index in [1.807, 2.05) is 24.3 Å². The number of nitrogens with one attached hydrogen (secondary N) is 1. The highest BCUT2D eigenvalue weighted by Gasteiger charge is 1.99. The molecule has 0 amide bonds. The van der Waals surface area contributed by atoms with Crippen molar-refractivity contribution in [3.8, 4) is 0 Å². The monoisotopic (exact) mass is 277 g/mol. The van der Waals surface area contributed by atoms with Crippen LogP contribution < -0.4 is 5.32 Å². The van der Waals surface area contributed by atoms with E-state index in [-0.39, 0.29) is 0 Å². The molecule has 0 bridgehead atoms. The minimum Gasteiger partial charge on any atom is -0.378 e. The lowest BCUT2D eigenvalue weighted by Crippen LogP contribution is -2.07. The largest absolute Gasteiger partial charge is 0.378 e. The second-order valence-electron chi connectivity index (χ2n) is 4.13. The molecule has 0 saturated carbocycles. The summed E-state index contributed by atoms with van der Waals surface area (Å²) in [6.45, 7) is 1.29. The molecule has 0 atom stereocenters. The molecule has 2 rings (SSSR count). The first-order valence-corrected chi connectivity index (χ1v) is 6.44. The van der Waals surface area contributed by atoms with Gasteiger partial charge < -0.3 is 10.1 Å². The van der Waals surface area contributed by atoms with Crippen LogP contribution in [-0.2, 0) is 17.8 Å². The third-order valence-electron chi connectivity index (χ3n) is 2.62. The first-order chi connectivity index (χ1) is 9.28. The summed E-state index contributed by atoms with van der Waals surface area (Å²) in [5.41, 5.74) is 2.06. The SMILES string of the molecule is COCc1cc(NCCc2cccc(Cl)c2)ncn1. The first-order valence-electron chi connectivity index (χ1n) is 6.06. The smallest absolute Gasteiger partial charge is 0.129 e. The zero-order valence-corrected chi connectivity index (χ0v) is 11.5. The van der Waals surface area contributed by atoms with Crippen LogP contribution >= 0.6 is 11.6 Å². The molecule has 0 spiro atoms. The van der Waals surface area contributed by atoms with Gasteiger partial charge >= 0.3 is 0 Å². The molecule has 1 N–H and O–H groups in total. The van der Waals surface area contributed by atoms with Crippen molar-refractivity contribution in [1.29, 1.82) is 0 Å². The molecule has 100 valence electrons. The predicted octanol–water partition coefficient (Wildman–Crippen LogP) is 2.93. The Labute approximate surface area is 117 Å². The van der Waals surface area contributed by atoms with Gasteiger partial charge in [-0.3, -0.25) is 0 Å². The summed E-state index contributed by atoms with van der Waals surface area (Å²) in [7, 11) is 1.65. The molecule has 0 fully saturated rings. The number of hydrogen-bond acceptors (Lipinski definition) is 4. The lowest BCUT2D eigenvalue weighted by Gasteiger charge is -2.07. The van der Waals surface area contributed by atoms with Gasteiger partial charge in [0.1, 0.15) is 12.1 Å². The lowest BCUT2D eigenvalue weighted by molar-refractivity contribution is 0.181. The van der Waals surface area contributed by atoms with Crippen molar-refractivity contribution in [1.82, 2.24) is 9.97 Å². The van der Waals surface area contributed by atoms with Crippen LogP contribution in [0.4, 0.5) is 5.82 Å². The van der Waals surface area contributed by atoms with Crippen molar-refractivity contribution in [3.05, 3.63) is 52.9 Å². The molecular weight excluding hydrogens is 262 g/mol. The van der Waals surface area contributed by atoms with Gasteiger partial charge in [0, 0.05) is 24.7 Å². The lowest BCUT2D eigenvalue weighted by atomic mass is 10.1. The van der Waals surface area contributed by atoms with E-state index in [2.05, 4.69) is 21.4 Å². The van der Waals surface area contributed by atoms with E-state index in [4.69, 9.17) is 16.3 Å². The number of anilines is 1. The van der Waals surface area contributed by atoms with Gasteiger partial charge in [0.25, 0.3) is 0 Å². The summed E-state index contributed by atoms with van der Waals surface area (Å²) < 4.78 is 5.04. The van der Waals surface area contributed by atoms with E-state index in [0.29, 0.717) is 6.61 Å². The Balaban J connectivity index is 1.87. The maximum absolute atomic E-state index is 5.94. The molecule has 5 heteroatoms. The Morgan fingerprint density at radius 1 is 1.26 bits per heavy atom.